The van der Waals surface area contributed by atoms with Gasteiger partial charge in [0.2, 0.25) is 0 Å². The van der Waals surface area contributed by atoms with Crippen LogP contribution in [0.15, 0.2) is 151 Å². The van der Waals surface area contributed by atoms with E-state index in [1.54, 1.807) is 0 Å². The van der Waals surface area contributed by atoms with Gasteiger partial charge in [-0.15, -0.1) is 0 Å². The lowest BCUT2D eigenvalue weighted by molar-refractivity contribution is 0.670. The lowest BCUT2D eigenvalue weighted by Crippen LogP contribution is -2.29. The van der Waals surface area contributed by atoms with Crippen LogP contribution in [0.5, 0.6) is 0 Å². The van der Waals surface area contributed by atoms with E-state index >= 15 is 0 Å². The minimum Gasteiger partial charge on any atom is -0.455 e. The Morgan fingerprint density at radius 1 is 0.523 bits per heavy atom. The summed E-state index contributed by atoms with van der Waals surface area (Å²) in [4.78, 5) is 0. The first-order valence-corrected chi connectivity index (χ1v) is 15.1. The standard InChI is InChI=1S/C43H30O/c1-3-14-35-31(4-2)41(37-21-7-8-22-38(37)42(35)36-24-12-16-28-15-5-6-19-32(28)36)30-18-11-17-29(27-30)33-23-13-25-39-34-20-9-10-26-40(34)44-43(33)39/h3-27H,1H2,2H3/b31-4+,35-14+. The van der Waals surface area contributed by atoms with Gasteiger partial charge in [-0.1, -0.05) is 146 Å². The van der Waals surface area contributed by atoms with E-state index in [-0.39, 0.29) is 0 Å². The Kier molecular flexibility index (Phi) is 6.24. The molecule has 0 atom stereocenters. The predicted molar refractivity (Wildman–Crippen MR) is 189 cm³/mol. The van der Waals surface area contributed by atoms with Crippen LogP contribution in [0.25, 0.3) is 89.0 Å². The van der Waals surface area contributed by atoms with Gasteiger partial charge in [0.1, 0.15) is 11.2 Å². The highest BCUT2D eigenvalue weighted by Crippen LogP contribution is 2.38. The van der Waals surface area contributed by atoms with Crippen molar-refractivity contribution in [3.63, 3.8) is 0 Å². The first-order valence-electron chi connectivity index (χ1n) is 15.1. The van der Waals surface area contributed by atoms with Crippen molar-refractivity contribution in [2.45, 2.75) is 6.92 Å². The molecule has 0 aliphatic rings. The average Bonchev–Trinajstić information content (AvgIpc) is 3.47. The quantitative estimate of drug-likeness (QED) is 0.208. The Morgan fingerprint density at radius 2 is 1.14 bits per heavy atom. The lowest BCUT2D eigenvalue weighted by atomic mass is 9.86. The van der Waals surface area contributed by atoms with Gasteiger partial charge in [0.05, 0.1) is 0 Å². The number of rotatable bonds is 4. The van der Waals surface area contributed by atoms with E-state index in [0.717, 1.165) is 33.1 Å². The summed E-state index contributed by atoms with van der Waals surface area (Å²) in [7, 11) is 0. The topological polar surface area (TPSA) is 13.1 Å². The molecular formula is C43H30O. The predicted octanol–water partition coefficient (Wildman–Crippen LogP) is 10.7. The molecule has 0 aliphatic carbocycles. The normalized spacial score (nSPS) is 12.6. The Bertz CT molecular complexity index is 2520. The zero-order valence-electron chi connectivity index (χ0n) is 24.5. The fraction of sp³-hybridized carbons (Fsp3) is 0.0233. The van der Waals surface area contributed by atoms with Crippen molar-refractivity contribution in [3.05, 3.63) is 157 Å². The molecule has 8 rings (SSSR count). The van der Waals surface area contributed by atoms with Gasteiger partial charge in [-0.05, 0) is 78.9 Å². The largest absolute Gasteiger partial charge is 0.455 e. The second kappa shape index (κ2) is 10.6. The van der Waals surface area contributed by atoms with Crippen molar-refractivity contribution >= 4 is 55.6 Å². The number of benzene rings is 7. The molecular weight excluding hydrogens is 532 g/mol. The molecule has 0 saturated carbocycles. The van der Waals surface area contributed by atoms with Crippen LogP contribution in [0.4, 0.5) is 0 Å². The maximum Gasteiger partial charge on any atom is 0.143 e. The first-order chi connectivity index (χ1) is 21.8. The van der Waals surface area contributed by atoms with Crippen molar-refractivity contribution in [1.29, 1.82) is 0 Å². The summed E-state index contributed by atoms with van der Waals surface area (Å²) < 4.78 is 6.43. The van der Waals surface area contributed by atoms with Crippen molar-refractivity contribution in [2.24, 2.45) is 0 Å². The van der Waals surface area contributed by atoms with Gasteiger partial charge in [-0.2, -0.15) is 0 Å². The molecule has 0 bridgehead atoms. The molecule has 208 valence electrons. The molecule has 1 heterocycles. The molecule has 8 aromatic rings. The van der Waals surface area contributed by atoms with E-state index in [2.05, 4.69) is 147 Å². The van der Waals surface area contributed by atoms with Crippen LogP contribution < -0.4 is 10.4 Å². The van der Waals surface area contributed by atoms with Gasteiger partial charge in [-0.3, -0.25) is 0 Å². The number of hydrogen-bond acceptors (Lipinski definition) is 1. The number of hydrogen-bond donors (Lipinski definition) is 0. The molecule has 44 heavy (non-hydrogen) atoms. The van der Waals surface area contributed by atoms with Gasteiger partial charge in [0.15, 0.2) is 0 Å². The lowest BCUT2D eigenvalue weighted by Gasteiger charge is -2.17. The molecule has 7 aromatic carbocycles. The molecule has 0 fully saturated rings. The molecule has 0 N–H and O–H groups in total. The Morgan fingerprint density at radius 3 is 1.95 bits per heavy atom. The van der Waals surface area contributed by atoms with Crippen molar-refractivity contribution < 1.29 is 4.42 Å². The zero-order valence-corrected chi connectivity index (χ0v) is 24.5. The number of allylic oxidation sites excluding steroid dienone is 1. The Hall–Kier alpha value is -5.66. The number of para-hydroxylation sites is 2. The van der Waals surface area contributed by atoms with Gasteiger partial charge in [-0.25, -0.2) is 0 Å². The summed E-state index contributed by atoms with van der Waals surface area (Å²) in [5, 5.41) is 9.59. The summed E-state index contributed by atoms with van der Waals surface area (Å²) in [5.41, 5.74) is 8.91. The average molecular weight is 563 g/mol. The summed E-state index contributed by atoms with van der Waals surface area (Å²) in [6.45, 7) is 6.27. The van der Waals surface area contributed by atoms with Crippen molar-refractivity contribution in [1.82, 2.24) is 0 Å². The van der Waals surface area contributed by atoms with E-state index in [1.807, 2.05) is 18.2 Å². The molecule has 0 aliphatic heterocycles. The third kappa shape index (κ3) is 4.01. The van der Waals surface area contributed by atoms with E-state index < -0.39 is 0 Å². The summed E-state index contributed by atoms with van der Waals surface area (Å²) in [5.74, 6) is 0. The van der Waals surface area contributed by atoms with Crippen molar-refractivity contribution in [3.8, 4) is 33.4 Å². The zero-order chi connectivity index (χ0) is 29.6. The monoisotopic (exact) mass is 562 g/mol. The molecule has 1 heteroatoms. The van der Waals surface area contributed by atoms with E-state index in [1.165, 1.54) is 54.2 Å². The molecule has 1 aromatic heterocycles. The van der Waals surface area contributed by atoms with Crippen LogP contribution in [0.2, 0.25) is 0 Å². The smallest absolute Gasteiger partial charge is 0.143 e. The Labute approximate surface area is 256 Å². The van der Waals surface area contributed by atoms with Crippen LogP contribution in [0.1, 0.15) is 6.92 Å². The molecule has 0 amide bonds. The molecule has 0 unspecified atom stereocenters. The van der Waals surface area contributed by atoms with E-state index in [9.17, 15) is 0 Å². The van der Waals surface area contributed by atoms with Crippen molar-refractivity contribution in [2.75, 3.05) is 0 Å². The minimum atomic E-state index is 0.911. The SMILES string of the molecule is C=C/C=c1/c(-c2cccc3ccccc23)c2ccccc2c(-c2cccc(-c3cccc4c3oc3ccccc34)c2)/c1=C/C. The van der Waals surface area contributed by atoms with Crippen LogP contribution in [-0.4, -0.2) is 0 Å². The minimum absolute atomic E-state index is 0.911. The molecule has 0 spiro atoms. The summed E-state index contributed by atoms with van der Waals surface area (Å²) in [6, 6.07) is 47.6. The van der Waals surface area contributed by atoms with Gasteiger partial charge in [0, 0.05) is 16.3 Å². The van der Waals surface area contributed by atoms with Gasteiger partial charge >= 0.3 is 0 Å². The maximum atomic E-state index is 6.43. The second-order valence-electron chi connectivity index (χ2n) is 11.2. The van der Waals surface area contributed by atoms with Gasteiger partial charge in [0.25, 0.3) is 0 Å². The fourth-order valence-corrected chi connectivity index (χ4v) is 6.93. The fourth-order valence-electron chi connectivity index (χ4n) is 6.93. The van der Waals surface area contributed by atoms with Crippen LogP contribution >= 0.6 is 0 Å². The molecule has 1 nitrogen and oxygen atoms in total. The first kappa shape index (κ1) is 26.0. The summed E-state index contributed by atoms with van der Waals surface area (Å²) in [6.07, 6.45) is 6.33. The number of furan rings is 1. The summed E-state index contributed by atoms with van der Waals surface area (Å²) >= 11 is 0. The third-order valence-electron chi connectivity index (χ3n) is 8.79. The highest BCUT2D eigenvalue weighted by Gasteiger charge is 2.17. The van der Waals surface area contributed by atoms with Gasteiger partial charge < -0.3 is 4.42 Å². The highest BCUT2D eigenvalue weighted by molar-refractivity contribution is 6.12. The highest BCUT2D eigenvalue weighted by atomic mass is 16.3. The molecule has 0 saturated heterocycles. The maximum absolute atomic E-state index is 6.43. The number of fused-ring (bicyclic) bond motifs is 5. The Balaban J connectivity index is 1.44. The second-order valence-corrected chi connectivity index (χ2v) is 11.2. The third-order valence-corrected chi connectivity index (χ3v) is 8.79. The van der Waals surface area contributed by atoms with Crippen LogP contribution in [0.3, 0.4) is 0 Å². The van der Waals surface area contributed by atoms with E-state index in [4.69, 9.17) is 4.42 Å². The molecule has 0 radical (unpaired) electrons. The van der Waals surface area contributed by atoms with Crippen LogP contribution in [-0.2, 0) is 0 Å². The van der Waals surface area contributed by atoms with Crippen LogP contribution in [0, 0.1) is 0 Å². The van der Waals surface area contributed by atoms with E-state index in [0.29, 0.717) is 0 Å².